The molecular formula is C11H6BrCl2FN2. The molecular weight excluding hydrogens is 330 g/mol. The first-order valence-corrected chi connectivity index (χ1v) is 6.19. The quantitative estimate of drug-likeness (QED) is 0.708. The van der Waals surface area contributed by atoms with E-state index in [1.165, 1.54) is 12.1 Å². The van der Waals surface area contributed by atoms with Gasteiger partial charge in [-0.25, -0.2) is 14.4 Å². The zero-order chi connectivity index (χ0) is 12.6. The molecule has 0 N–H and O–H groups in total. The molecule has 0 spiro atoms. The normalized spacial score (nSPS) is 10.6. The van der Waals surface area contributed by atoms with E-state index in [4.69, 9.17) is 23.2 Å². The number of aryl methyl sites for hydroxylation is 1. The fourth-order valence-electron chi connectivity index (χ4n) is 1.35. The number of halogens is 4. The first-order valence-electron chi connectivity index (χ1n) is 4.64. The molecule has 2 rings (SSSR count). The highest BCUT2D eigenvalue weighted by Gasteiger charge is 2.12. The van der Waals surface area contributed by atoms with Crippen molar-refractivity contribution in [3.8, 4) is 11.4 Å². The maximum atomic E-state index is 13.2. The standard InChI is InChI=1S/C11H6BrCl2FN2/c1-5-2-3-6(15)4-7(5)11-16-9(13)8(12)10(14)17-11/h2-4H,1H3. The number of hydrogen-bond acceptors (Lipinski definition) is 2. The Morgan fingerprint density at radius 3 is 2.35 bits per heavy atom. The summed E-state index contributed by atoms with van der Waals surface area (Å²) in [6.07, 6.45) is 0. The highest BCUT2D eigenvalue weighted by Crippen LogP contribution is 2.31. The Morgan fingerprint density at radius 1 is 1.18 bits per heavy atom. The zero-order valence-corrected chi connectivity index (χ0v) is 11.7. The van der Waals surface area contributed by atoms with Crippen LogP contribution < -0.4 is 0 Å². The molecule has 0 aliphatic heterocycles. The number of rotatable bonds is 1. The Morgan fingerprint density at radius 2 is 1.76 bits per heavy atom. The summed E-state index contributed by atoms with van der Waals surface area (Å²) in [7, 11) is 0. The number of hydrogen-bond donors (Lipinski definition) is 0. The average Bonchev–Trinajstić information content (AvgIpc) is 2.28. The van der Waals surface area contributed by atoms with Crippen LogP contribution in [0.3, 0.4) is 0 Å². The van der Waals surface area contributed by atoms with E-state index in [0.717, 1.165) is 5.56 Å². The predicted octanol–water partition coefficient (Wildman–Crippen LogP) is 4.66. The third-order valence-corrected chi connectivity index (χ3v) is 3.97. The second-order valence-electron chi connectivity index (χ2n) is 3.40. The minimum atomic E-state index is -0.357. The maximum Gasteiger partial charge on any atom is 0.162 e. The monoisotopic (exact) mass is 334 g/mol. The number of aromatic nitrogens is 2. The summed E-state index contributed by atoms with van der Waals surface area (Å²) in [5.74, 6) is -0.0513. The van der Waals surface area contributed by atoms with Crippen molar-refractivity contribution in [1.29, 1.82) is 0 Å². The Kier molecular flexibility index (Phi) is 3.66. The van der Waals surface area contributed by atoms with Crippen LogP contribution in [-0.2, 0) is 0 Å². The van der Waals surface area contributed by atoms with Crippen LogP contribution in [0.1, 0.15) is 5.56 Å². The van der Waals surface area contributed by atoms with E-state index >= 15 is 0 Å². The van der Waals surface area contributed by atoms with Crippen LogP contribution in [0.15, 0.2) is 22.7 Å². The lowest BCUT2D eigenvalue weighted by Gasteiger charge is -2.06. The van der Waals surface area contributed by atoms with Gasteiger partial charge in [0, 0.05) is 5.56 Å². The lowest BCUT2D eigenvalue weighted by Crippen LogP contribution is -1.94. The van der Waals surface area contributed by atoms with Crippen LogP contribution in [0.4, 0.5) is 4.39 Å². The predicted molar refractivity (Wildman–Crippen MR) is 69.9 cm³/mol. The van der Waals surface area contributed by atoms with E-state index in [-0.39, 0.29) is 16.1 Å². The van der Waals surface area contributed by atoms with Gasteiger partial charge in [-0.15, -0.1) is 0 Å². The van der Waals surface area contributed by atoms with Gasteiger partial charge in [0.05, 0.1) is 4.47 Å². The third-order valence-electron chi connectivity index (χ3n) is 2.21. The molecule has 88 valence electrons. The highest BCUT2D eigenvalue weighted by atomic mass is 79.9. The van der Waals surface area contributed by atoms with E-state index in [1.54, 1.807) is 6.07 Å². The smallest absolute Gasteiger partial charge is 0.162 e. The Bertz CT molecular complexity index is 567. The molecule has 0 saturated carbocycles. The Balaban J connectivity index is 2.64. The second kappa shape index (κ2) is 4.88. The molecule has 17 heavy (non-hydrogen) atoms. The van der Waals surface area contributed by atoms with Crippen molar-refractivity contribution < 1.29 is 4.39 Å². The van der Waals surface area contributed by atoms with Gasteiger partial charge in [0.2, 0.25) is 0 Å². The van der Waals surface area contributed by atoms with Crippen LogP contribution in [0.25, 0.3) is 11.4 Å². The molecule has 2 nitrogen and oxygen atoms in total. The van der Waals surface area contributed by atoms with Crippen molar-refractivity contribution in [2.45, 2.75) is 6.92 Å². The van der Waals surface area contributed by atoms with Gasteiger partial charge in [0.25, 0.3) is 0 Å². The summed E-state index contributed by atoms with van der Waals surface area (Å²) < 4.78 is 13.6. The topological polar surface area (TPSA) is 25.8 Å². The van der Waals surface area contributed by atoms with Crippen molar-refractivity contribution in [2.75, 3.05) is 0 Å². The van der Waals surface area contributed by atoms with Crippen molar-refractivity contribution in [1.82, 2.24) is 9.97 Å². The Hall–Kier alpha value is -0.710. The maximum absolute atomic E-state index is 13.2. The van der Waals surface area contributed by atoms with Gasteiger partial charge in [-0.05, 0) is 40.5 Å². The van der Waals surface area contributed by atoms with Crippen LogP contribution >= 0.6 is 39.1 Å². The lowest BCUT2D eigenvalue weighted by molar-refractivity contribution is 0.627. The first-order chi connectivity index (χ1) is 7.99. The highest BCUT2D eigenvalue weighted by molar-refractivity contribution is 9.10. The van der Waals surface area contributed by atoms with E-state index in [9.17, 15) is 4.39 Å². The van der Waals surface area contributed by atoms with Gasteiger partial charge < -0.3 is 0 Å². The summed E-state index contributed by atoms with van der Waals surface area (Å²) in [5, 5.41) is 0.396. The molecule has 0 fully saturated rings. The molecule has 6 heteroatoms. The largest absolute Gasteiger partial charge is 0.215 e. The summed E-state index contributed by atoms with van der Waals surface area (Å²) in [6, 6.07) is 4.38. The van der Waals surface area contributed by atoms with Gasteiger partial charge in [-0.3, -0.25) is 0 Å². The van der Waals surface area contributed by atoms with Gasteiger partial charge in [0.1, 0.15) is 16.1 Å². The van der Waals surface area contributed by atoms with E-state index in [0.29, 0.717) is 15.9 Å². The molecule has 0 radical (unpaired) electrons. The average molecular weight is 336 g/mol. The minimum absolute atomic E-state index is 0.198. The molecule has 0 atom stereocenters. The first kappa shape index (κ1) is 12.7. The number of nitrogens with zero attached hydrogens (tertiary/aromatic N) is 2. The summed E-state index contributed by atoms with van der Waals surface area (Å²) >= 11 is 14.9. The fourth-order valence-corrected chi connectivity index (χ4v) is 1.91. The van der Waals surface area contributed by atoms with Gasteiger partial charge in [-0.1, -0.05) is 29.3 Å². The van der Waals surface area contributed by atoms with Crippen molar-refractivity contribution in [2.24, 2.45) is 0 Å². The SMILES string of the molecule is Cc1ccc(F)cc1-c1nc(Cl)c(Br)c(Cl)n1. The molecule has 0 unspecified atom stereocenters. The van der Waals surface area contributed by atoms with Crippen LogP contribution in [-0.4, -0.2) is 9.97 Å². The second-order valence-corrected chi connectivity index (χ2v) is 4.91. The summed E-state index contributed by atoms with van der Waals surface area (Å²) in [6.45, 7) is 1.84. The van der Waals surface area contributed by atoms with Crippen molar-refractivity contribution >= 4 is 39.1 Å². The number of benzene rings is 1. The van der Waals surface area contributed by atoms with E-state index in [2.05, 4.69) is 25.9 Å². The molecule has 1 aromatic carbocycles. The summed E-state index contributed by atoms with van der Waals surface area (Å²) in [5.41, 5.74) is 1.42. The minimum Gasteiger partial charge on any atom is -0.215 e. The molecule has 0 saturated heterocycles. The molecule has 1 aromatic heterocycles. The Labute approximate surface area is 116 Å². The van der Waals surface area contributed by atoms with E-state index in [1.807, 2.05) is 6.92 Å². The molecule has 0 aliphatic rings. The molecule has 0 aliphatic carbocycles. The van der Waals surface area contributed by atoms with Crippen molar-refractivity contribution in [3.05, 3.63) is 44.4 Å². The van der Waals surface area contributed by atoms with Gasteiger partial charge in [0.15, 0.2) is 5.82 Å². The van der Waals surface area contributed by atoms with Gasteiger partial charge >= 0.3 is 0 Å². The van der Waals surface area contributed by atoms with Gasteiger partial charge in [-0.2, -0.15) is 0 Å². The third kappa shape index (κ3) is 2.59. The lowest BCUT2D eigenvalue weighted by atomic mass is 10.1. The fraction of sp³-hybridized carbons (Fsp3) is 0.0909. The van der Waals surface area contributed by atoms with Crippen LogP contribution in [0.5, 0.6) is 0 Å². The molecule has 0 amide bonds. The van der Waals surface area contributed by atoms with Crippen molar-refractivity contribution in [3.63, 3.8) is 0 Å². The molecule has 1 heterocycles. The van der Waals surface area contributed by atoms with Crippen LogP contribution in [0, 0.1) is 12.7 Å². The summed E-state index contributed by atoms with van der Waals surface area (Å²) in [4.78, 5) is 8.12. The zero-order valence-electron chi connectivity index (χ0n) is 8.64. The van der Waals surface area contributed by atoms with E-state index < -0.39 is 0 Å². The van der Waals surface area contributed by atoms with Crippen LogP contribution in [0.2, 0.25) is 10.3 Å². The molecule has 0 bridgehead atoms. The molecule has 2 aromatic rings.